The van der Waals surface area contributed by atoms with Crippen LogP contribution in [0.25, 0.3) is 11.2 Å². The molecule has 0 amide bonds. The zero-order valence-corrected chi connectivity index (χ0v) is 10.6. The Hall–Kier alpha value is -1.82. The van der Waals surface area contributed by atoms with Crippen molar-refractivity contribution in [1.82, 2.24) is 19.9 Å². The summed E-state index contributed by atoms with van der Waals surface area (Å²) in [4.78, 5) is 16.7. The van der Waals surface area contributed by atoms with Gasteiger partial charge in [-0.2, -0.15) is 0 Å². The Balaban J connectivity index is 1.64. The van der Waals surface area contributed by atoms with Crippen LogP contribution in [0.1, 0.15) is 12.8 Å². The van der Waals surface area contributed by atoms with Gasteiger partial charge in [-0.25, -0.2) is 15.0 Å². The Morgan fingerprint density at radius 1 is 1.28 bits per heavy atom. The van der Waals surface area contributed by atoms with Crippen LogP contribution in [0.4, 0.5) is 5.82 Å². The number of allylic oxidation sites excluding steroid dienone is 3. The average molecular weight is 259 g/mol. The highest BCUT2D eigenvalue weighted by atomic mass is 32.2. The molecule has 0 saturated carbocycles. The number of nitrogens with zero attached hydrogens (tertiary/aromatic N) is 3. The summed E-state index contributed by atoms with van der Waals surface area (Å²) < 4.78 is 0. The number of rotatable bonds is 4. The number of hydrogen-bond donors (Lipinski definition) is 2. The molecule has 2 N–H and O–H groups in total. The van der Waals surface area contributed by atoms with Crippen molar-refractivity contribution in [2.45, 2.75) is 12.8 Å². The molecule has 0 fully saturated rings. The third-order valence-corrected chi connectivity index (χ3v) is 3.59. The van der Waals surface area contributed by atoms with Gasteiger partial charge in [0, 0.05) is 4.91 Å². The summed E-state index contributed by atoms with van der Waals surface area (Å²) in [6.45, 7) is 0. The summed E-state index contributed by atoms with van der Waals surface area (Å²) in [7, 11) is 0. The minimum Gasteiger partial charge on any atom is -0.359 e. The van der Waals surface area contributed by atoms with Crippen LogP contribution in [-0.2, 0) is 0 Å². The first-order chi connectivity index (χ1) is 8.93. The standard InChI is InChI=1S/C12H13N5S/c1-2-4-9(5-3-1)18-8-17-12-10-11(14-6-13-10)15-7-16-12/h2,4-7H,1,3,8H2,(H2,13,14,15,16,17). The van der Waals surface area contributed by atoms with Gasteiger partial charge in [-0.05, 0) is 12.8 Å². The Morgan fingerprint density at radius 2 is 2.28 bits per heavy atom. The Kier molecular flexibility index (Phi) is 3.27. The maximum Gasteiger partial charge on any atom is 0.182 e. The molecule has 18 heavy (non-hydrogen) atoms. The van der Waals surface area contributed by atoms with Crippen molar-refractivity contribution in [1.29, 1.82) is 0 Å². The fraction of sp³-hybridized carbons (Fsp3) is 0.250. The Bertz CT molecular complexity index is 601. The molecule has 0 aromatic carbocycles. The zero-order valence-electron chi connectivity index (χ0n) is 9.76. The van der Waals surface area contributed by atoms with E-state index < -0.39 is 0 Å². The summed E-state index contributed by atoms with van der Waals surface area (Å²) in [5, 5.41) is 3.29. The fourth-order valence-corrected chi connectivity index (χ4v) is 2.59. The molecule has 0 aliphatic heterocycles. The van der Waals surface area contributed by atoms with Crippen LogP contribution in [0.5, 0.6) is 0 Å². The quantitative estimate of drug-likeness (QED) is 0.826. The maximum absolute atomic E-state index is 4.22. The summed E-state index contributed by atoms with van der Waals surface area (Å²) in [5.74, 6) is 1.58. The van der Waals surface area contributed by atoms with Gasteiger partial charge in [0.05, 0.1) is 12.2 Å². The Labute approximate surface area is 109 Å². The van der Waals surface area contributed by atoms with Crippen LogP contribution in [0, 0.1) is 0 Å². The number of hydrogen-bond acceptors (Lipinski definition) is 5. The summed E-state index contributed by atoms with van der Waals surface area (Å²) in [6, 6.07) is 0. The second-order valence-corrected chi connectivity index (χ2v) is 4.92. The molecular weight excluding hydrogens is 246 g/mol. The first-order valence-corrected chi connectivity index (χ1v) is 6.79. The second kappa shape index (κ2) is 5.22. The molecule has 3 rings (SSSR count). The number of aromatic nitrogens is 4. The topological polar surface area (TPSA) is 66.5 Å². The van der Waals surface area contributed by atoms with Crippen LogP contribution >= 0.6 is 11.8 Å². The van der Waals surface area contributed by atoms with Gasteiger partial charge in [-0.1, -0.05) is 18.2 Å². The van der Waals surface area contributed by atoms with Crippen LogP contribution in [0.3, 0.4) is 0 Å². The minimum atomic E-state index is 0.689. The zero-order chi connectivity index (χ0) is 12.2. The lowest BCUT2D eigenvalue weighted by Gasteiger charge is -2.08. The van der Waals surface area contributed by atoms with E-state index in [9.17, 15) is 0 Å². The van der Waals surface area contributed by atoms with Crippen molar-refractivity contribution >= 4 is 28.7 Å². The third kappa shape index (κ3) is 2.38. The molecule has 0 unspecified atom stereocenters. The van der Waals surface area contributed by atoms with Gasteiger partial charge >= 0.3 is 0 Å². The van der Waals surface area contributed by atoms with E-state index in [4.69, 9.17) is 0 Å². The number of anilines is 1. The summed E-state index contributed by atoms with van der Waals surface area (Å²) in [5.41, 5.74) is 1.54. The highest BCUT2D eigenvalue weighted by molar-refractivity contribution is 8.03. The van der Waals surface area contributed by atoms with Crippen molar-refractivity contribution < 1.29 is 0 Å². The number of H-pyrrole nitrogens is 1. The predicted octanol–water partition coefficient (Wildman–Crippen LogP) is 2.69. The lowest BCUT2D eigenvalue weighted by molar-refractivity contribution is 1.03. The van der Waals surface area contributed by atoms with Gasteiger partial charge in [-0.15, -0.1) is 11.8 Å². The fourth-order valence-electron chi connectivity index (χ4n) is 1.78. The lowest BCUT2D eigenvalue weighted by Crippen LogP contribution is -2.01. The van der Waals surface area contributed by atoms with Crippen molar-refractivity contribution in [2.75, 3.05) is 11.2 Å². The molecule has 6 heteroatoms. The highest BCUT2D eigenvalue weighted by Crippen LogP contribution is 2.23. The lowest BCUT2D eigenvalue weighted by atomic mass is 10.2. The molecule has 2 heterocycles. The van der Waals surface area contributed by atoms with Crippen LogP contribution in [-0.4, -0.2) is 25.8 Å². The van der Waals surface area contributed by atoms with Gasteiger partial charge in [0.2, 0.25) is 0 Å². The molecule has 0 spiro atoms. The van der Waals surface area contributed by atoms with Gasteiger partial charge in [0.25, 0.3) is 0 Å². The molecule has 5 nitrogen and oxygen atoms in total. The highest BCUT2D eigenvalue weighted by Gasteiger charge is 2.05. The van der Waals surface area contributed by atoms with Crippen molar-refractivity contribution in [3.05, 3.63) is 35.8 Å². The smallest absolute Gasteiger partial charge is 0.182 e. The number of nitrogens with one attached hydrogen (secondary N) is 2. The summed E-state index contributed by atoms with van der Waals surface area (Å²) in [6.07, 6.45) is 12.1. The number of aromatic amines is 1. The molecule has 92 valence electrons. The molecule has 0 saturated heterocycles. The molecule has 0 radical (unpaired) electrons. The van der Waals surface area contributed by atoms with Crippen molar-refractivity contribution in [3.63, 3.8) is 0 Å². The van der Waals surface area contributed by atoms with Crippen molar-refractivity contribution in [2.24, 2.45) is 0 Å². The molecule has 1 aliphatic rings. The van der Waals surface area contributed by atoms with E-state index in [0.717, 1.165) is 30.1 Å². The monoisotopic (exact) mass is 259 g/mol. The SMILES string of the molecule is C1=CC(SCNc2ncnc3nc[nH]c23)=CCC1. The molecule has 0 atom stereocenters. The third-order valence-electron chi connectivity index (χ3n) is 2.66. The van der Waals surface area contributed by atoms with Gasteiger partial charge < -0.3 is 10.3 Å². The van der Waals surface area contributed by atoms with E-state index in [1.54, 1.807) is 18.1 Å². The predicted molar refractivity (Wildman–Crippen MR) is 74.2 cm³/mol. The molecule has 2 aromatic rings. The first kappa shape index (κ1) is 11.3. The van der Waals surface area contributed by atoms with Crippen LogP contribution in [0.2, 0.25) is 0 Å². The first-order valence-electron chi connectivity index (χ1n) is 5.81. The number of thioether (sulfide) groups is 1. The minimum absolute atomic E-state index is 0.689. The molecule has 2 aromatic heterocycles. The maximum atomic E-state index is 4.22. The average Bonchev–Trinajstić information content (AvgIpc) is 2.89. The van der Waals surface area contributed by atoms with E-state index >= 15 is 0 Å². The van der Waals surface area contributed by atoms with Crippen LogP contribution < -0.4 is 5.32 Å². The van der Waals surface area contributed by atoms with Gasteiger partial charge in [-0.3, -0.25) is 0 Å². The molecule has 0 bridgehead atoms. The number of imidazole rings is 1. The van der Waals surface area contributed by atoms with E-state index in [1.807, 2.05) is 0 Å². The molecular formula is C12H13N5S. The summed E-state index contributed by atoms with van der Waals surface area (Å²) >= 11 is 1.77. The normalized spacial score (nSPS) is 14.8. The van der Waals surface area contributed by atoms with Gasteiger partial charge in [0.15, 0.2) is 11.5 Å². The van der Waals surface area contributed by atoms with Crippen LogP contribution in [0.15, 0.2) is 35.8 Å². The Morgan fingerprint density at radius 3 is 3.17 bits per heavy atom. The van der Waals surface area contributed by atoms with E-state index in [-0.39, 0.29) is 0 Å². The van der Waals surface area contributed by atoms with Crippen molar-refractivity contribution in [3.8, 4) is 0 Å². The van der Waals surface area contributed by atoms with Gasteiger partial charge in [0.1, 0.15) is 11.8 Å². The van der Waals surface area contributed by atoms with E-state index in [0.29, 0.717) is 5.65 Å². The van der Waals surface area contributed by atoms with E-state index in [1.165, 1.54) is 11.2 Å². The second-order valence-electron chi connectivity index (χ2n) is 3.88. The van der Waals surface area contributed by atoms with E-state index in [2.05, 4.69) is 43.5 Å². The number of fused-ring (bicyclic) bond motifs is 1. The largest absolute Gasteiger partial charge is 0.359 e. The molecule has 1 aliphatic carbocycles.